The summed E-state index contributed by atoms with van der Waals surface area (Å²) < 4.78 is 21.5. The van der Waals surface area contributed by atoms with Gasteiger partial charge in [0.1, 0.15) is 0 Å². The van der Waals surface area contributed by atoms with E-state index in [-0.39, 0.29) is 5.91 Å². The van der Waals surface area contributed by atoms with E-state index in [2.05, 4.69) is 15.5 Å². The Bertz CT molecular complexity index is 1040. The topological polar surface area (TPSA) is 95.7 Å². The Hall–Kier alpha value is -3.46. The van der Waals surface area contributed by atoms with Crippen molar-refractivity contribution in [2.45, 2.75) is 5.22 Å². The Balaban J connectivity index is 1.81. The lowest BCUT2D eigenvalue weighted by Crippen LogP contribution is -2.08. The van der Waals surface area contributed by atoms with Crippen LogP contribution in [0.2, 0.25) is 0 Å². The molecule has 0 saturated carbocycles. The van der Waals surface area contributed by atoms with E-state index in [0.29, 0.717) is 39.6 Å². The minimum Gasteiger partial charge on any atom is -0.493 e. The normalized spacial score (nSPS) is 10.8. The van der Waals surface area contributed by atoms with Crippen LogP contribution in [0, 0.1) is 0 Å². The molecule has 0 atom stereocenters. The number of amides is 1. The number of hydrogen-bond donors (Lipinski definition) is 1. The number of carbonyl (C=O) groups excluding carboxylic acids is 1. The van der Waals surface area contributed by atoms with Gasteiger partial charge in [0.05, 0.1) is 32.6 Å². The summed E-state index contributed by atoms with van der Waals surface area (Å²) in [6, 6.07) is 10.7. The Morgan fingerprint density at radius 2 is 1.77 bits per heavy atom. The minimum absolute atomic E-state index is 0.319. The molecule has 8 nitrogen and oxygen atoms in total. The van der Waals surface area contributed by atoms with Crippen molar-refractivity contribution >= 4 is 29.4 Å². The van der Waals surface area contributed by atoms with Gasteiger partial charge in [-0.25, -0.2) is 0 Å². The van der Waals surface area contributed by atoms with E-state index < -0.39 is 0 Å². The van der Waals surface area contributed by atoms with E-state index >= 15 is 0 Å². The fraction of sp³-hybridized carbons (Fsp3) is 0.190. The van der Waals surface area contributed by atoms with Crippen LogP contribution in [-0.2, 0) is 4.79 Å². The van der Waals surface area contributed by atoms with Crippen LogP contribution in [0.3, 0.4) is 0 Å². The molecule has 9 heteroatoms. The zero-order chi connectivity index (χ0) is 21.5. The molecule has 156 valence electrons. The molecule has 30 heavy (non-hydrogen) atoms. The van der Waals surface area contributed by atoms with E-state index in [1.807, 2.05) is 18.4 Å². The molecule has 3 aromatic rings. The third-order valence-electron chi connectivity index (χ3n) is 4.11. The van der Waals surface area contributed by atoms with E-state index in [1.54, 1.807) is 30.3 Å². The van der Waals surface area contributed by atoms with Gasteiger partial charge in [0, 0.05) is 6.08 Å². The summed E-state index contributed by atoms with van der Waals surface area (Å²) in [4.78, 5) is 12.5. The zero-order valence-electron chi connectivity index (χ0n) is 17.0. The van der Waals surface area contributed by atoms with Gasteiger partial charge in [-0.2, -0.15) is 0 Å². The molecule has 3 rings (SSSR count). The second-order valence-electron chi connectivity index (χ2n) is 5.90. The maximum Gasteiger partial charge on any atom is 0.276 e. The van der Waals surface area contributed by atoms with Gasteiger partial charge in [-0.3, -0.25) is 4.79 Å². The second-order valence-corrected chi connectivity index (χ2v) is 6.66. The molecule has 0 bridgehead atoms. The second kappa shape index (κ2) is 9.84. The molecule has 1 heterocycles. The third kappa shape index (κ3) is 4.74. The van der Waals surface area contributed by atoms with Crippen LogP contribution < -0.4 is 19.5 Å². The summed E-state index contributed by atoms with van der Waals surface area (Å²) in [6.45, 7) is 0. The average Bonchev–Trinajstić information content (AvgIpc) is 3.26. The number of aromatic nitrogens is 2. The Labute approximate surface area is 178 Å². The predicted molar refractivity (Wildman–Crippen MR) is 115 cm³/mol. The van der Waals surface area contributed by atoms with Crippen LogP contribution in [-0.4, -0.2) is 43.7 Å². The maximum atomic E-state index is 12.5. The van der Waals surface area contributed by atoms with Crippen molar-refractivity contribution in [1.29, 1.82) is 0 Å². The highest BCUT2D eigenvalue weighted by Gasteiger charge is 2.14. The molecule has 1 N–H and O–H groups in total. The highest BCUT2D eigenvalue weighted by molar-refractivity contribution is 7.98. The number of ether oxygens (including phenoxy) is 3. The van der Waals surface area contributed by atoms with Crippen LogP contribution in [0.1, 0.15) is 5.56 Å². The Kier molecular flexibility index (Phi) is 6.97. The van der Waals surface area contributed by atoms with Crippen LogP contribution in [0.15, 0.2) is 52.1 Å². The van der Waals surface area contributed by atoms with Gasteiger partial charge in [-0.1, -0.05) is 23.9 Å². The van der Waals surface area contributed by atoms with Crippen molar-refractivity contribution in [2.75, 3.05) is 32.9 Å². The zero-order valence-corrected chi connectivity index (χ0v) is 17.8. The molecule has 0 radical (unpaired) electrons. The molecule has 0 aliphatic rings. The lowest BCUT2D eigenvalue weighted by molar-refractivity contribution is -0.111. The molecule has 0 spiro atoms. The quantitative estimate of drug-likeness (QED) is 0.423. The number of thioether (sulfide) groups is 1. The highest BCUT2D eigenvalue weighted by atomic mass is 32.2. The molecule has 2 aromatic carbocycles. The van der Waals surface area contributed by atoms with Crippen LogP contribution >= 0.6 is 11.8 Å². The van der Waals surface area contributed by atoms with Gasteiger partial charge < -0.3 is 23.9 Å². The van der Waals surface area contributed by atoms with E-state index in [4.69, 9.17) is 18.6 Å². The molecule has 0 saturated heterocycles. The highest BCUT2D eigenvalue weighted by Crippen LogP contribution is 2.38. The lowest BCUT2D eigenvalue weighted by atomic mass is 10.1. The van der Waals surface area contributed by atoms with Crippen LogP contribution in [0.4, 0.5) is 5.69 Å². The van der Waals surface area contributed by atoms with Crippen LogP contribution in [0.25, 0.3) is 17.5 Å². The predicted octanol–water partition coefficient (Wildman–Crippen LogP) is 4.14. The fourth-order valence-electron chi connectivity index (χ4n) is 2.72. The summed E-state index contributed by atoms with van der Waals surface area (Å²) in [5.41, 5.74) is 1.92. The third-order valence-corrected chi connectivity index (χ3v) is 4.62. The van der Waals surface area contributed by atoms with Gasteiger partial charge in [0.2, 0.25) is 11.7 Å². The number of carbonyl (C=O) groups is 1. The van der Waals surface area contributed by atoms with E-state index in [9.17, 15) is 4.79 Å². The Morgan fingerprint density at radius 3 is 2.37 bits per heavy atom. The number of hydrogen-bond acceptors (Lipinski definition) is 8. The van der Waals surface area contributed by atoms with Crippen molar-refractivity contribution in [3.63, 3.8) is 0 Å². The van der Waals surface area contributed by atoms with Gasteiger partial charge in [0.15, 0.2) is 11.5 Å². The number of nitrogens with zero attached hydrogens (tertiary/aromatic N) is 2. The SMILES string of the molecule is COc1cc(C=CC(=O)Nc2ccccc2-c2nnc(SC)o2)cc(OC)c1OC. The van der Waals surface area contributed by atoms with Gasteiger partial charge in [-0.05, 0) is 42.2 Å². The van der Waals surface area contributed by atoms with E-state index in [0.717, 1.165) is 5.56 Å². The largest absolute Gasteiger partial charge is 0.493 e. The number of rotatable bonds is 8. The molecule has 0 fully saturated rings. The molecule has 0 unspecified atom stereocenters. The number of methoxy groups -OCH3 is 3. The molecule has 1 aromatic heterocycles. The molecule has 0 aliphatic heterocycles. The monoisotopic (exact) mass is 427 g/mol. The van der Waals surface area contributed by atoms with Crippen molar-refractivity contribution in [2.24, 2.45) is 0 Å². The number of nitrogens with one attached hydrogen (secondary N) is 1. The standard InChI is InChI=1S/C21H21N3O5S/c1-26-16-11-13(12-17(27-2)19(16)28-3)9-10-18(25)22-15-8-6-5-7-14(15)20-23-24-21(29-20)30-4/h5-12H,1-4H3,(H,22,25). The summed E-state index contributed by atoms with van der Waals surface area (Å²) in [5, 5.41) is 11.3. The Morgan fingerprint density at radius 1 is 1.07 bits per heavy atom. The number of para-hydroxylation sites is 1. The maximum absolute atomic E-state index is 12.5. The molecular weight excluding hydrogens is 406 g/mol. The van der Waals surface area contributed by atoms with Gasteiger partial charge >= 0.3 is 0 Å². The van der Waals surface area contributed by atoms with Crippen molar-refractivity contribution in [1.82, 2.24) is 10.2 Å². The minimum atomic E-state index is -0.319. The molecule has 0 aliphatic carbocycles. The van der Waals surface area contributed by atoms with Gasteiger partial charge in [-0.15, -0.1) is 10.2 Å². The molecular formula is C21H21N3O5S. The summed E-state index contributed by atoms with van der Waals surface area (Å²) in [5.74, 6) is 1.51. The van der Waals surface area contributed by atoms with Gasteiger partial charge in [0.25, 0.3) is 11.1 Å². The molecule has 1 amide bonds. The average molecular weight is 427 g/mol. The van der Waals surface area contributed by atoms with Crippen molar-refractivity contribution in [3.05, 3.63) is 48.0 Å². The van der Waals surface area contributed by atoms with E-state index in [1.165, 1.54) is 39.2 Å². The smallest absolute Gasteiger partial charge is 0.276 e. The first-order valence-corrected chi connectivity index (χ1v) is 10.1. The first-order valence-electron chi connectivity index (χ1n) is 8.85. The lowest BCUT2D eigenvalue weighted by Gasteiger charge is -2.12. The summed E-state index contributed by atoms with van der Waals surface area (Å²) in [6.07, 6.45) is 4.92. The first kappa shape index (κ1) is 21.3. The fourth-order valence-corrected chi connectivity index (χ4v) is 3.01. The first-order chi connectivity index (χ1) is 14.6. The number of anilines is 1. The van der Waals surface area contributed by atoms with Crippen molar-refractivity contribution in [3.8, 4) is 28.7 Å². The van der Waals surface area contributed by atoms with Crippen LogP contribution in [0.5, 0.6) is 17.2 Å². The summed E-state index contributed by atoms with van der Waals surface area (Å²) >= 11 is 1.35. The van der Waals surface area contributed by atoms with Crippen molar-refractivity contribution < 1.29 is 23.4 Å². The number of benzene rings is 2. The summed E-state index contributed by atoms with van der Waals surface area (Å²) in [7, 11) is 4.61.